The molecular weight excluding hydrogens is 326 g/mol. The van der Waals surface area contributed by atoms with E-state index in [2.05, 4.69) is 19.7 Å². The zero-order valence-electron chi connectivity index (χ0n) is 12.9. The summed E-state index contributed by atoms with van der Waals surface area (Å²) in [5.74, 6) is 0.0491. The molecule has 0 radical (unpaired) electrons. The van der Waals surface area contributed by atoms with Crippen LogP contribution in [0.4, 0.5) is 5.95 Å². The van der Waals surface area contributed by atoms with Crippen LogP contribution in [-0.4, -0.2) is 24.3 Å². The summed E-state index contributed by atoms with van der Waals surface area (Å²) in [6.07, 6.45) is 0. The Balaban J connectivity index is 1.91. The molecule has 122 valence electrons. The van der Waals surface area contributed by atoms with Crippen LogP contribution in [0, 0.1) is 6.92 Å². The van der Waals surface area contributed by atoms with Gasteiger partial charge in [0.05, 0.1) is 11.2 Å². The number of fused-ring (bicyclic) bond motifs is 1. The first kappa shape index (κ1) is 15.9. The number of rotatable bonds is 3. The number of aromatic nitrogens is 2. The summed E-state index contributed by atoms with van der Waals surface area (Å²) in [4.78, 5) is 8.72. The van der Waals surface area contributed by atoms with Crippen molar-refractivity contribution in [1.29, 1.82) is 0 Å². The molecule has 0 aliphatic carbocycles. The summed E-state index contributed by atoms with van der Waals surface area (Å²) in [6.45, 7) is 1.85. The number of sulfonamides is 1. The van der Waals surface area contributed by atoms with Gasteiger partial charge in [0.25, 0.3) is 5.95 Å². The smallest absolute Gasteiger partial charge is 0.290 e. The van der Waals surface area contributed by atoms with Gasteiger partial charge in [-0.1, -0.05) is 36.4 Å². The summed E-state index contributed by atoms with van der Waals surface area (Å²) >= 11 is 0. The Kier molecular flexibility index (Phi) is 4.13. The molecule has 0 saturated heterocycles. The highest BCUT2D eigenvalue weighted by Crippen LogP contribution is 2.16. The Morgan fingerprint density at radius 3 is 2.46 bits per heavy atom. The van der Waals surface area contributed by atoms with E-state index in [1.807, 2.05) is 31.2 Å². The van der Waals surface area contributed by atoms with Gasteiger partial charge in [0.15, 0.2) is 0 Å². The summed E-state index contributed by atoms with van der Waals surface area (Å²) < 4.78 is 26.7. The van der Waals surface area contributed by atoms with E-state index >= 15 is 0 Å². The third-order valence-corrected chi connectivity index (χ3v) is 4.72. The molecule has 0 bridgehead atoms. The Labute approximate surface area is 139 Å². The minimum absolute atomic E-state index is 0.116. The van der Waals surface area contributed by atoms with Crippen LogP contribution in [0.1, 0.15) is 5.69 Å². The first-order chi connectivity index (χ1) is 11.5. The number of nitrogens with one attached hydrogen (secondary N) is 2. The van der Waals surface area contributed by atoms with Crippen LogP contribution in [0.25, 0.3) is 10.9 Å². The zero-order valence-corrected chi connectivity index (χ0v) is 13.7. The van der Waals surface area contributed by atoms with Gasteiger partial charge in [-0.05, 0) is 25.1 Å². The summed E-state index contributed by atoms with van der Waals surface area (Å²) in [5, 5.41) is 3.61. The molecule has 0 aliphatic heterocycles. The van der Waals surface area contributed by atoms with Gasteiger partial charge in [0.1, 0.15) is 4.90 Å². The molecule has 0 atom stereocenters. The first-order valence-corrected chi connectivity index (χ1v) is 8.65. The predicted molar refractivity (Wildman–Crippen MR) is 91.7 cm³/mol. The number of nitrogens with two attached hydrogens (primary N) is 1. The average Bonchev–Trinajstić information content (AvgIpc) is 2.55. The van der Waals surface area contributed by atoms with E-state index in [1.54, 1.807) is 18.2 Å². The van der Waals surface area contributed by atoms with E-state index in [9.17, 15) is 8.42 Å². The van der Waals surface area contributed by atoms with Gasteiger partial charge in [-0.15, -0.1) is 0 Å². The van der Waals surface area contributed by atoms with E-state index in [0.29, 0.717) is 0 Å². The molecule has 3 rings (SSSR count). The molecule has 7 nitrogen and oxygen atoms in total. The SMILES string of the molecule is Cc1nc(NC(N)=[NH+]S(=O)(=O)c2ccccc2)nc2ccccc12. The van der Waals surface area contributed by atoms with Crippen molar-refractivity contribution in [3.63, 3.8) is 0 Å². The van der Waals surface area contributed by atoms with Crippen molar-refractivity contribution in [3.8, 4) is 0 Å². The maximum Gasteiger partial charge on any atom is 0.363 e. The average molecular weight is 342 g/mol. The van der Waals surface area contributed by atoms with Crippen LogP contribution < -0.4 is 15.4 Å². The third-order valence-electron chi connectivity index (χ3n) is 3.34. The largest absolute Gasteiger partial charge is 0.363 e. The lowest BCUT2D eigenvalue weighted by atomic mass is 10.2. The molecule has 0 fully saturated rings. The van der Waals surface area contributed by atoms with E-state index in [1.165, 1.54) is 12.1 Å². The van der Waals surface area contributed by atoms with Gasteiger partial charge in [0.2, 0.25) is 0 Å². The van der Waals surface area contributed by atoms with Crippen LogP contribution in [0.5, 0.6) is 0 Å². The molecule has 0 amide bonds. The van der Waals surface area contributed by atoms with Crippen LogP contribution in [0.15, 0.2) is 59.5 Å². The second-order valence-electron chi connectivity index (χ2n) is 5.11. The van der Waals surface area contributed by atoms with E-state index in [0.717, 1.165) is 16.6 Å². The van der Waals surface area contributed by atoms with Gasteiger partial charge in [-0.2, -0.15) is 17.8 Å². The van der Waals surface area contributed by atoms with Crippen LogP contribution in [0.3, 0.4) is 0 Å². The number of anilines is 1. The Morgan fingerprint density at radius 1 is 1.04 bits per heavy atom. The molecule has 0 spiro atoms. The zero-order chi connectivity index (χ0) is 17.2. The topological polar surface area (TPSA) is 112 Å². The number of para-hydroxylation sites is 1. The Bertz CT molecular complexity index is 1020. The number of benzene rings is 2. The van der Waals surface area contributed by atoms with Crippen molar-refractivity contribution in [2.45, 2.75) is 11.8 Å². The second-order valence-corrected chi connectivity index (χ2v) is 6.79. The summed E-state index contributed by atoms with van der Waals surface area (Å²) in [6, 6.07) is 15.5. The van der Waals surface area contributed by atoms with Gasteiger partial charge < -0.3 is 0 Å². The lowest BCUT2D eigenvalue weighted by molar-refractivity contribution is -0.268. The van der Waals surface area contributed by atoms with Crippen molar-refractivity contribution in [2.24, 2.45) is 5.73 Å². The Morgan fingerprint density at radius 2 is 1.71 bits per heavy atom. The minimum Gasteiger partial charge on any atom is -0.290 e. The van der Waals surface area contributed by atoms with E-state index in [-0.39, 0.29) is 16.8 Å². The van der Waals surface area contributed by atoms with E-state index < -0.39 is 10.0 Å². The van der Waals surface area contributed by atoms with Crippen molar-refractivity contribution in [3.05, 3.63) is 60.3 Å². The van der Waals surface area contributed by atoms with Gasteiger partial charge >= 0.3 is 16.0 Å². The van der Waals surface area contributed by atoms with Crippen molar-refractivity contribution in [1.82, 2.24) is 9.97 Å². The molecule has 2 aromatic carbocycles. The van der Waals surface area contributed by atoms with E-state index in [4.69, 9.17) is 5.73 Å². The monoisotopic (exact) mass is 342 g/mol. The molecule has 4 N–H and O–H groups in total. The summed E-state index contributed by atoms with van der Waals surface area (Å²) in [7, 11) is -3.76. The van der Waals surface area contributed by atoms with Crippen molar-refractivity contribution < 1.29 is 12.8 Å². The number of guanidine groups is 1. The van der Waals surface area contributed by atoms with Crippen LogP contribution in [0.2, 0.25) is 0 Å². The quantitative estimate of drug-likeness (QED) is 0.461. The molecule has 3 aromatic rings. The standard InChI is InChI=1S/C16H15N5O2S/c1-11-13-9-5-6-10-14(13)19-16(18-11)20-15(17)21-24(22,23)12-7-3-2-4-8-12/h2-10H,1H3,(H3,17,18,19,20,21)/p+1. The highest BCUT2D eigenvalue weighted by molar-refractivity contribution is 7.84. The number of aryl methyl sites for hydroxylation is 1. The molecule has 1 aromatic heterocycles. The van der Waals surface area contributed by atoms with Crippen molar-refractivity contribution >= 4 is 32.8 Å². The summed E-state index contributed by atoms with van der Waals surface area (Å²) in [5.41, 5.74) is 7.27. The van der Waals surface area contributed by atoms with Gasteiger partial charge in [0, 0.05) is 5.39 Å². The molecule has 0 aliphatic rings. The maximum atomic E-state index is 12.2. The number of nitrogens with zero attached hydrogens (tertiary/aromatic N) is 2. The van der Waals surface area contributed by atoms with Crippen molar-refractivity contribution in [2.75, 3.05) is 5.32 Å². The maximum absolute atomic E-state index is 12.2. The van der Waals surface area contributed by atoms with Crippen LogP contribution >= 0.6 is 0 Å². The molecule has 0 unspecified atom stereocenters. The minimum atomic E-state index is -3.76. The Hall–Kier alpha value is -3.00. The normalized spacial score (nSPS) is 12.3. The highest BCUT2D eigenvalue weighted by atomic mass is 32.2. The third kappa shape index (κ3) is 3.33. The highest BCUT2D eigenvalue weighted by Gasteiger charge is 2.16. The molecule has 8 heteroatoms. The molecule has 1 heterocycles. The molecule has 0 saturated carbocycles. The predicted octanol–water partition coefficient (Wildman–Crippen LogP) is 0.134. The van der Waals surface area contributed by atoms with Gasteiger partial charge in [-0.3, -0.25) is 5.73 Å². The number of hydrogen-bond donors (Lipinski definition) is 3. The fourth-order valence-electron chi connectivity index (χ4n) is 2.24. The first-order valence-electron chi connectivity index (χ1n) is 7.16. The van der Waals surface area contributed by atoms with Crippen LogP contribution in [-0.2, 0) is 10.0 Å². The molecular formula is C16H16N5O2S+. The van der Waals surface area contributed by atoms with Gasteiger partial charge in [-0.25, -0.2) is 10.3 Å². The lowest BCUT2D eigenvalue weighted by Crippen LogP contribution is -2.80. The number of hydrogen-bond acceptors (Lipinski definition) is 4. The second kappa shape index (κ2) is 6.25. The fourth-order valence-corrected chi connectivity index (χ4v) is 3.21. The lowest BCUT2D eigenvalue weighted by Gasteiger charge is -2.04. The fraction of sp³-hybridized carbons (Fsp3) is 0.0625. The molecule has 24 heavy (non-hydrogen) atoms.